The van der Waals surface area contributed by atoms with Crippen molar-refractivity contribution in [3.8, 4) is 0 Å². The van der Waals surface area contributed by atoms with Gasteiger partial charge in [0.15, 0.2) is 0 Å². The van der Waals surface area contributed by atoms with E-state index >= 15 is 0 Å². The molecule has 2 N–H and O–H groups in total. The number of carbonyl (C=O) groups is 1. The molecule has 86 valence electrons. The van der Waals surface area contributed by atoms with Gasteiger partial charge in [0.05, 0.1) is 6.10 Å². The number of ether oxygens (including phenoxy) is 1. The van der Waals surface area contributed by atoms with Gasteiger partial charge in [-0.2, -0.15) is 5.48 Å². The van der Waals surface area contributed by atoms with Gasteiger partial charge in [-0.15, -0.1) is 0 Å². The second-order valence-corrected chi connectivity index (χ2v) is 4.45. The summed E-state index contributed by atoms with van der Waals surface area (Å²) in [4.78, 5) is 16.2. The van der Waals surface area contributed by atoms with E-state index in [-0.39, 0.29) is 6.10 Å². The number of nitrogens with one attached hydrogen (secondary N) is 1. The molecule has 0 aromatic carbocycles. The summed E-state index contributed by atoms with van der Waals surface area (Å²) in [7, 11) is 0. The molecule has 0 aromatic heterocycles. The summed E-state index contributed by atoms with van der Waals surface area (Å²) >= 11 is 0. The van der Waals surface area contributed by atoms with E-state index in [1.807, 2.05) is 0 Å². The highest BCUT2D eigenvalue weighted by Gasteiger charge is 2.20. The topological polar surface area (TPSA) is 67.8 Å². The van der Waals surface area contributed by atoms with Gasteiger partial charge >= 0.3 is 6.09 Å². The Bertz CT molecular complexity index is 257. The second-order valence-electron chi connectivity index (χ2n) is 4.45. The molecule has 1 aliphatic rings. The first kappa shape index (κ1) is 12.0. The Morgan fingerprint density at radius 3 is 2.60 bits per heavy atom. The fourth-order valence-corrected chi connectivity index (χ4v) is 1.16. The van der Waals surface area contributed by atoms with Crippen LogP contribution in [-0.4, -0.2) is 29.0 Å². The lowest BCUT2D eigenvalue weighted by Gasteiger charge is -2.20. The lowest BCUT2D eigenvalue weighted by atomic mass is 10.2. The van der Waals surface area contributed by atoms with Crippen LogP contribution in [0.15, 0.2) is 12.2 Å². The predicted octanol–water partition coefficient (Wildman–Crippen LogP) is 1.13. The summed E-state index contributed by atoms with van der Waals surface area (Å²) in [6.07, 6.45) is 2.37. The minimum atomic E-state index is -0.628. The zero-order valence-corrected chi connectivity index (χ0v) is 9.19. The van der Waals surface area contributed by atoms with Crippen LogP contribution in [0.4, 0.5) is 4.79 Å². The molecule has 1 rings (SSSR count). The molecule has 0 spiro atoms. The number of aliphatic hydroxyl groups is 1. The van der Waals surface area contributed by atoms with Crippen molar-refractivity contribution in [2.24, 2.45) is 0 Å². The third kappa shape index (κ3) is 4.80. The summed E-state index contributed by atoms with van der Waals surface area (Å²) in [5.74, 6) is 0. The van der Waals surface area contributed by atoms with Gasteiger partial charge in [-0.25, -0.2) is 4.79 Å². The fourth-order valence-electron chi connectivity index (χ4n) is 1.16. The van der Waals surface area contributed by atoms with Gasteiger partial charge in [0, 0.05) is 6.42 Å². The first-order chi connectivity index (χ1) is 6.87. The molecule has 15 heavy (non-hydrogen) atoms. The number of rotatable bonds is 2. The predicted molar refractivity (Wildman–Crippen MR) is 54.0 cm³/mol. The van der Waals surface area contributed by atoms with Gasteiger partial charge in [-0.3, -0.25) is 4.84 Å². The maximum Gasteiger partial charge on any atom is 0.431 e. The maximum atomic E-state index is 11.2. The minimum absolute atomic E-state index is 0.285. The van der Waals surface area contributed by atoms with Gasteiger partial charge < -0.3 is 9.84 Å². The van der Waals surface area contributed by atoms with Crippen molar-refractivity contribution in [1.29, 1.82) is 0 Å². The molecule has 0 aliphatic heterocycles. The van der Waals surface area contributed by atoms with E-state index in [0.29, 0.717) is 6.42 Å². The summed E-state index contributed by atoms with van der Waals surface area (Å²) in [6.45, 7) is 5.31. The maximum absolute atomic E-state index is 11.2. The molecule has 5 nitrogen and oxygen atoms in total. The third-order valence-electron chi connectivity index (χ3n) is 1.71. The number of carbonyl (C=O) groups excluding carboxylic acids is 1. The molecule has 1 aliphatic carbocycles. The van der Waals surface area contributed by atoms with Crippen LogP contribution in [0.2, 0.25) is 0 Å². The smallest absolute Gasteiger partial charge is 0.431 e. The summed E-state index contributed by atoms with van der Waals surface area (Å²) in [6, 6.07) is 0. The number of hydroxylamine groups is 1. The van der Waals surface area contributed by atoms with Crippen LogP contribution in [0.25, 0.3) is 0 Å². The van der Waals surface area contributed by atoms with E-state index in [9.17, 15) is 4.79 Å². The molecule has 0 radical (unpaired) electrons. The summed E-state index contributed by atoms with van der Waals surface area (Å²) < 4.78 is 4.96. The number of hydrogen-bond donors (Lipinski definition) is 2. The van der Waals surface area contributed by atoms with Crippen LogP contribution in [-0.2, 0) is 9.57 Å². The van der Waals surface area contributed by atoms with E-state index in [1.54, 1.807) is 32.9 Å². The molecule has 0 bridgehead atoms. The first-order valence-corrected chi connectivity index (χ1v) is 4.88. The van der Waals surface area contributed by atoms with E-state index < -0.39 is 17.8 Å². The monoisotopic (exact) mass is 215 g/mol. The number of amides is 1. The van der Waals surface area contributed by atoms with Crippen molar-refractivity contribution in [3.05, 3.63) is 12.2 Å². The third-order valence-corrected chi connectivity index (χ3v) is 1.71. The Hall–Kier alpha value is -1.07. The molecule has 0 fully saturated rings. The van der Waals surface area contributed by atoms with Crippen LogP contribution in [0.5, 0.6) is 0 Å². The van der Waals surface area contributed by atoms with Crippen molar-refractivity contribution in [2.75, 3.05) is 0 Å². The van der Waals surface area contributed by atoms with Crippen molar-refractivity contribution in [1.82, 2.24) is 5.48 Å². The normalized spacial score (nSPS) is 25.3. The van der Waals surface area contributed by atoms with E-state index in [2.05, 4.69) is 5.48 Å². The van der Waals surface area contributed by atoms with Gasteiger partial charge in [0.2, 0.25) is 0 Å². The highest BCUT2D eigenvalue weighted by molar-refractivity contribution is 5.66. The van der Waals surface area contributed by atoms with Gasteiger partial charge in [0.1, 0.15) is 11.7 Å². The highest BCUT2D eigenvalue weighted by Crippen LogP contribution is 2.13. The van der Waals surface area contributed by atoms with Crippen molar-refractivity contribution >= 4 is 6.09 Å². The average Bonchev–Trinajstić information content (AvgIpc) is 2.45. The Morgan fingerprint density at radius 1 is 1.47 bits per heavy atom. The largest absolute Gasteiger partial charge is 0.442 e. The molecule has 2 atom stereocenters. The van der Waals surface area contributed by atoms with E-state index in [4.69, 9.17) is 14.7 Å². The zero-order chi connectivity index (χ0) is 11.5. The van der Waals surface area contributed by atoms with Crippen LogP contribution in [0.1, 0.15) is 27.2 Å². The lowest BCUT2D eigenvalue weighted by Crippen LogP contribution is -2.34. The second kappa shape index (κ2) is 4.63. The highest BCUT2D eigenvalue weighted by atomic mass is 16.7. The fraction of sp³-hybridized carbons (Fsp3) is 0.700. The first-order valence-electron chi connectivity index (χ1n) is 4.88. The van der Waals surface area contributed by atoms with Crippen LogP contribution in [0, 0.1) is 0 Å². The van der Waals surface area contributed by atoms with Crippen molar-refractivity contribution < 1.29 is 19.5 Å². The van der Waals surface area contributed by atoms with Crippen molar-refractivity contribution in [3.63, 3.8) is 0 Å². The molecule has 0 saturated heterocycles. The molecule has 0 saturated carbocycles. The zero-order valence-electron chi connectivity index (χ0n) is 9.19. The molecular formula is C10H17NO4. The molecule has 0 unspecified atom stereocenters. The van der Waals surface area contributed by atoms with E-state index in [0.717, 1.165) is 0 Å². The number of hydrogen-bond acceptors (Lipinski definition) is 4. The van der Waals surface area contributed by atoms with Crippen LogP contribution < -0.4 is 5.48 Å². The Labute approximate surface area is 89.0 Å². The quantitative estimate of drug-likeness (QED) is 0.535. The Morgan fingerprint density at radius 2 is 2.13 bits per heavy atom. The molecule has 1 amide bonds. The molecule has 0 aromatic rings. The molecule has 5 heteroatoms. The van der Waals surface area contributed by atoms with Gasteiger partial charge in [-0.05, 0) is 20.8 Å². The lowest BCUT2D eigenvalue weighted by molar-refractivity contribution is -0.0324. The molecule has 0 heterocycles. The summed E-state index contributed by atoms with van der Waals surface area (Å²) in [5, 5.41) is 9.14. The summed E-state index contributed by atoms with van der Waals surface area (Å²) in [5.41, 5.74) is 1.63. The SMILES string of the molecule is CC(C)(C)OC(=O)NO[C@H]1C=C[C@H](O)C1. The standard InChI is InChI=1S/C10H17NO4/c1-10(2,3)14-9(13)11-15-8-5-4-7(12)6-8/h4-5,7-8,12H,6H2,1-3H3,(H,11,13)/t7-,8-/m0/s1. The molecular weight excluding hydrogens is 198 g/mol. The average molecular weight is 215 g/mol. The Kier molecular flexibility index (Phi) is 3.71. The van der Waals surface area contributed by atoms with Crippen LogP contribution in [0.3, 0.4) is 0 Å². The van der Waals surface area contributed by atoms with Crippen molar-refractivity contribution in [2.45, 2.75) is 45.0 Å². The minimum Gasteiger partial charge on any atom is -0.442 e. The van der Waals surface area contributed by atoms with Gasteiger partial charge in [0.25, 0.3) is 0 Å². The van der Waals surface area contributed by atoms with Crippen LogP contribution >= 0.6 is 0 Å². The Balaban J connectivity index is 2.20. The van der Waals surface area contributed by atoms with Gasteiger partial charge in [-0.1, -0.05) is 12.2 Å². The number of aliphatic hydroxyl groups excluding tert-OH is 1. The van der Waals surface area contributed by atoms with E-state index in [1.165, 1.54) is 0 Å².